The van der Waals surface area contributed by atoms with Crippen LogP contribution in [-0.2, 0) is 0 Å². The van der Waals surface area contributed by atoms with E-state index in [2.05, 4.69) is 22.9 Å². The summed E-state index contributed by atoms with van der Waals surface area (Å²) in [5.74, 6) is 1.12. The van der Waals surface area contributed by atoms with Gasteiger partial charge in [-0.3, -0.25) is 0 Å². The van der Waals surface area contributed by atoms with Crippen molar-refractivity contribution in [3.05, 3.63) is 24.4 Å². The number of rotatable bonds is 1. The van der Waals surface area contributed by atoms with E-state index in [-0.39, 0.29) is 0 Å². The summed E-state index contributed by atoms with van der Waals surface area (Å²) in [6, 6.07) is 6.74. The van der Waals surface area contributed by atoms with Crippen LogP contribution in [0.5, 0.6) is 0 Å². The summed E-state index contributed by atoms with van der Waals surface area (Å²) < 4.78 is 0. The molecule has 0 aliphatic carbocycles. The highest BCUT2D eigenvalue weighted by Gasteiger charge is 2.23. The van der Waals surface area contributed by atoms with Crippen LogP contribution < -0.4 is 4.90 Å². The van der Waals surface area contributed by atoms with Gasteiger partial charge < -0.3 is 4.90 Å². The molecule has 2 heteroatoms. The predicted molar refractivity (Wildman–Crippen MR) is 45.7 cm³/mol. The maximum absolute atomic E-state index is 4.28. The van der Waals surface area contributed by atoms with Crippen molar-refractivity contribution in [2.75, 3.05) is 11.4 Å². The summed E-state index contributed by atoms with van der Waals surface area (Å²) in [5.41, 5.74) is 0. The lowest BCUT2D eigenvalue weighted by molar-refractivity contribution is 0.476. The predicted octanol–water partition coefficient (Wildman–Crippen LogP) is 1.68. The molecule has 1 unspecified atom stereocenters. The van der Waals surface area contributed by atoms with Gasteiger partial charge in [-0.15, -0.1) is 0 Å². The third-order valence-electron chi connectivity index (χ3n) is 2.26. The third kappa shape index (κ3) is 1.09. The van der Waals surface area contributed by atoms with Gasteiger partial charge in [0, 0.05) is 18.8 Å². The van der Waals surface area contributed by atoms with E-state index < -0.39 is 0 Å². The van der Waals surface area contributed by atoms with Crippen LogP contribution in [0.1, 0.15) is 13.3 Å². The molecule has 1 atom stereocenters. The molecule has 0 aromatic carbocycles. The van der Waals surface area contributed by atoms with E-state index in [1.54, 1.807) is 0 Å². The van der Waals surface area contributed by atoms with Crippen molar-refractivity contribution in [3.8, 4) is 0 Å². The fourth-order valence-corrected chi connectivity index (χ4v) is 1.38. The second-order valence-corrected chi connectivity index (χ2v) is 3.02. The van der Waals surface area contributed by atoms with E-state index >= 15 is 0 Å². The number of anilines is 1. The van der Waals surface area contributed by atoms with Gasteiger partial charge in [-0.2, -0.15) is 0 Å². The second kappa shape index (κ2) is 2.53. The Morgan fingerprint density at radius 2 is 2.45 bits per heavy atom. The Morgan fingerprint density at radius 3 is 2.91 bits per heavy atom. The van der Waals surface area contributed by atoms with Crippen molar-refractivity contribution >= 4 is 5.82 Å². The molecule has 0 amide bonds. The van der Waals surface area contributed by atoms with E-state index in [1.807, 2.05) is 18.3 Å². The zero-order valence-corrected chi connectivity index (χ0v) is 6.70. The van der Waals surface area contributed by atoms with Crippen LogP contribution in [0.15, 0.2) is 24.4 Å². The average Bonchev–Trinajstić information content (AvgIpc) is 2.04. The van der Waals surface area contributed by atoms with Crippen LogP contribution in [0, 0.1) is 0 Å². The van der Waals surface area contributed by atoms with Crippen molar-refractivity contribution in [1.82, 2.24) is 4.98 Å². The summed E-state index contributed by atoms with van der Waals surface area (Å²) in [4.78, 5) is 6.60. The first-order chi connectivity index (χ1) is 5.38. The molecule has 11 heavy (non-hydrogen) atoms. The molecule has 1 aliphatic heterocycles. The van der Waals surface area contributed by atoms with Crippen LogP contribution in [0.2, 0.25) is 0 Å². The highest BCUT2D eigenvalue weighted by molar-refractivity contribution is 5.41. The molecule has 1 aromatic rings. The second-order valence-electron chi connectivity index (χ2n) is 3.02. The van der Waals surface area contributed by atoms with E-state index in [0.29, 0.717) is 6.04 Å². The Labute approximate surface area is 66.9 Å². The first-order valence-electron chi connectivity index (χ1n) is 4.05. The number of hydrogen-bond acceptors (Lipinski definition) is 2. The number of pyridine rings is 1. The largest absolute Gasteiger partial charge is 0.354 e. The molecule has 1 fully saturated rings. The Hall–Kier alpha value is -1.05. The van der Waals surface area contributed by atoms with Crippen molar-refractivity contribution in [1.29, 1.82) is 0 Å². The molecule has 1 aliphatic rings. The standard InChI is InChI=1S/C9H12N2/c1-8-5-7-11(8)9-4-2-3-6-10-9/h2-4,6,8H,5,7H2,1H3. The smallest absolute Gasteiger partial charge is 0.128 e. The Bertz CT molecular complexity index is 233. The Kier molecular flexibility index (Phi) is 1.53. The third-order valence-corrected chi connectivity index (χ3v) is 2.26. The molecule has 58 valence electrons. The maximum atomic E-state index is 4.28. The Balaban J connectivity index is 2.17. The number of aromatic nitrogens is 1. The quantitative estimate of drug-likeness (QED) is 0.602. The molecular formula is C9H12N2. The minimum atomic E-state index is 0.685. The number of nitrogens with zero attached hydrogens (tertiary/aromatic N) is 2. The zero-order valence-electron chi connectivity index (χ0n) is 6.70. The van der Waals surface area contributed by atoms with Gasteiger partial charge in [-0.1, -0.05) is 6.07 Å². The molecule has 0 saturated carbocycles. The van der Waals surface area contributed by atoms with Crippen LogP contribution >= 0.6 is 0 Å². The molecule has 2 heterocycles. The molecule has 2 rings (SSSR count). The molecule has 1 aromatic heterocycles. The van der Waals surface area contributed by atoms with Crippen LogP contribution in [0.3, 0.4) is 0 Å². The van der Waals surface area contributed by atoms with E-state index in [9.17, 15) is 0 Å². The summed E-state index contributed by atoms with van der Waals surface area (Å²) >= 11 is 0. The molecule has 0 radical (unpaired) electrons. The first-order valence-corrected chi connectivity index (χ1v) is 4.05. The van der Waals surface area contributed by atoms with Gasteiger partial charge in [0.25, 0.3) is 0 Å². The van der Waals surface area contributed by atoms with Gasteiger partial charge in [0.05, 0.1) is 0 Å². The lowest BCUT2D eigenvalue weighted by atomic mass is 10.1. The van der Waals surface area contributed by atoms with Gasteiger partial charge in [0.15, 0.2) is 0 Å². The van der Waals surface area contributed by atoms with E-state index in [1.165, 1.54) is 6.42 Å². The minimum absolute atomic E-state index is 0.685. The first kappa shape index (κ1) is 6.65. The lowest BCUT2D eigenvalue weighted by Crippen LogP contribution is -2.46. The van der Waals surface area contributed by atoms with Crippen molar-refractivity contribution in [2.45, 2.75) is 19.4 Å². The SMILES string of the molecule is CC1CCN1c1ccccn1. The van der Waals surface area contributed by atoms with Gasteiger partial charge in [-0.05, 0) is 25.5 Å². The van der Waals surface area contributed by atoms with Crippen LogP contribution in [0.4, 0.5) is 5.82 Å². The summed E-state index contributed by atoms with van der Waals surface area (Å²) in [5, 5.41) is 0. The fourth-order valence-electron chi connectivity index (χ4n) is 1.38. The van der Waals surface area contributed by atoms with E-state index in [0.717, 1.165) is 12.4 Å². The van der Waals surface area contributed by atoms with Gasteiger partial charge >= 0.3 is 0 Å². The fraction of sp³-hybridized carbons (Fsp3) is 0.444. The normalized spacial score (nSPS) is 23.0. The Morgan fingerprint density at radius 1 is 1.55 bits per heavy atom. The summed E-state index contributed by atoms with van der Waals surface area (Å²) in [6.45, 7) is 3.40. The molecule has 2 nitrogen and oxygen atoms in total. The zero-order chi connectivity index (χ0) is 7.68. The van der Waals surface area contributed by atoms with Gasteiger partial charge in [0.2, 0.25) is 0 Å². The summed E-state index contributed by atoms with van der Waals surface area (Å²) in [7, 11) is 0. The van der Waals surface area contributed by atoms with Crippen molar-refractivity contribution in [2.24, 2.45) is 0 Å². The number of hydrogen-bond donors (Lipinski definition) is 0. The van der Waals surface area contributed by atoms with E-state index in [4.69, 9.17) is 0 Å². The lowest BCUT2D eigenvalue weighted by Gasteiger charge is -2.39. The van der Waals surface area contributed by atoms with Crippen molar-refractivity contribution in [3.63, 3.8) is 0 Å². The average molecular weight is 148 g/mol. The van der Waals surface area contributed by atoms with Crippen molar-refractivity contribution < 1.29 is 0 Å². The minimum Gasteiger partial charge on any atom is -0.354 e. The molecule has 0 bridgehead atoms. The van der Waals surface area contributed by atoms with Gasteiger partial charge in [-0.25, -0.2) is 4.98 Å². The molecule has 1 saturated heterocycles. The molecule has 0 spiro atoms. The topological polar surface area (TPSA) is 16.1 Å². The van der Waals surface area contributed by atoms with Crippen LogP contribution in [-0.4, -0.2) is 17.6 Å². The highest BCUT2D eigenvalue weighted by Crippen LogP contribution is 2.22. The molecule has 0 N–H and O–H groups in total. The monoisotopic (exact) mass is 148 g/mol. The molecular weight excluding hydrogens is 136 g/mol. The highest BCUT2D eigenvalue weighted by atomic mass is 15.2. The van der Waals surface area contributed by atoms with Gasteiger partial charge in [0.1, 0.15) is 5.82 Å². The summed E-state index contributed by atoms with van der Waals surface area (Å²) in [6.07, 6.45) is 3.15. The van der Waals surface area contributed by atoms with Crippen LogP contribution in [0.25, 0.3) is 0 Å². The maximum Gasteiger partial charge on any atom is 0.128 e.